The largest absolute Gasteiger partial charge is 0.478 e. The van der Waals surface area contributed by atoms with Gasteiger partial charge in [0, 0.05) is 32.1 Å². The van der Waals surface area contributed by atoms with Crippen molar-refractivity contribution in [1.29, 1.82) is 0 Å². The Morgan fingerprint density at radius 1 is 1.16 bits per heavy atom. The zero-order valence-corrected chi connectivity index (χ0v) is 13.5. The number of carbonyl (C=O) groups excluding carboxylic acids is 2. The van der Waals surface area contributed by atoms with E-state index in [0.717, 1.165) is 6.26 Å². The first-order valence-corrected chi connectivity index (χ1v) is 7.99. The molecule has 2 N–H and O–H groups in total. The van der Waals surface area contributed by atoms with Crippen molar-refractivity contribution in [2.75, 3.05) is 6.54 Å². The highest BCUT2D eigenvalue weighted by atomic mass is 16.4. The number of aromatic carboxylic acids is 1. The van der Waals surface area contributed by atoms with Gasteiger partial charge in [-0.3, -0.25) is 9.59 Å². The van der Waals surface area contributed by atoms with Crippen molar-refractivity contribution in [3.8, 4) is 0 Å². The summed E-state index contributed by atoms with van der Waals surface area (Å²) in [5, 5.41) is 11.4. The van der Waals surface area contributed by atoms with E-state index in [1.165, 1.54) is 17.2 Å². The summed E-state index contributed by atoms with van der Waals surface area (Å²) in [7, 11) is 0. The number of benzene rings is 1. The lowest BCUT2D eigenvalue weighted by molar-refractivity contribution is -0.131. The van der Waals surface area contributed by atoms with E-state index in [9.17, 15) is 14.4 Å². The SMILES string of the molecule is O=C(O)c1coc(C(=O)NCCCC(=O)N2Cc3ccccc3C2)c1. The minimum absolute atomic E-state index is 0.0524. The first kappa shape index (κ1) is 16.8. The first-order chi connectivity index (χ1) is 12.0. The van der Waals surface area contributed by atoms with Crippen LogP contribution in [0.3, 0.4) is 0 Å². The Hall–Kier alpha value is -3.09. The lowest BCUT2D eigenvalue weighted by atomic mass is 10.1. The number of fused-ring (bicyclic) bond motifs is 1. The fourth-order valence-corrected chi connectivity index (χ4v) is 2.76. The molecule has 0 radical (unpaired) electrons. The molecule has 0 saturated heterocycles. The summed E-state index contributed by atoms with van der Waals surface area (Å²) in [6.07, 6.45) is 1.86. The molecule has 2 amide bonds. The summed E-state index contributed by atoms with van der Waals surface area (Å²) in [5.41, 5.74) is 2.28. The normalized spacial score (nSPS) is 12.7. The van der Waals surface area contributed by atoms with Gasteiger partial charge < -0.3 is 19.7 Å². The topological polar surface area (TPSA) is 99.8 Å². The number of furan rings is 1. The molecule has 0 bridgehead atoms. The van der Waals surface area contributed by atoms with E-state index in [1.807, 2.05) is 24.3 Å². The van der Waals surface area contributed by atoms with Crippen LogP contribution in [0, 0.1) is 0 Å². The van der Waals surface area contributed by atoms with Gasteiger partial charge in [-0.25, -0.2) is 4.79 Å². The molecule has 130 valence electrons. The van der Waals surface area contributed by atoms with Crippen LogP contribution in [0.1, 0.15) is 44.9 Å². The van der Waals surface area contributed by atoms with Crippen LogP contribution in [-0.2, 0) is 17.9 Å². The van der Waals surface area contributed by atoms with Crippen molar-refractivity contribution >= 4 is 17.8 Å². The van der Waals surface area contributed by atoms with E-state index >= 15 is 0 Å². The maximum atomic E-state index is 12.2. The smallest absolute Gasteiger partial charge is 0.338 e. The minimum atomic E-state index is -1.15. The third kappa shape index (κ3) is 3.88. The number of amides is 2. The number of rotatable bonds is 6. The molecule has 0 atom stereocenters. The van der Waals surface area contributed by atoms with Gasteiger partial charge in [0.2, 0.25) is 5.91 Å². The van der Waals surface area contributed by atoms with Crippen LogP contribution in [0.25, 0.3) is 0 Å². The molecule has 0 unspecified atom stereocenters. The highest BCUT2D eigenvalue weighted by molar-refractivity contribution is 5.95. The highest BCUT2D eigenvalue weighted by Gasteiger charge is 2.22. The Kier molecular flexibility index (Phi) is 4.83. The third-order valence-corrected chi connectivity index (χ3v) is 4.12. The van der Waals surface area contributed by atoms with Crippen LogP contribution in [0.15, 0.2) is 41.0 Å². The summed E-state index contributed by atoms with van der Waals surface area (Å²) in [5.74, 6) is -1.65. The summed E-state index contributed by atoms with van der Waals surface area (Å²) in [4.78, 5) is 36.6. The molecule has 0 aliphatic carbocycles. The van der Waals surface area contributed by atoms with E-state index in [0.29, 0.717) is 32.5 Å². The molecule has 1 aliphatic heterocycles. The predicted molar refractivity (Wildman–Crippen MR) is 87.9 cm³/mol. The lowest BCUT2D eigenvalue weighted by Crippen LogP contribution is -2.28. The van der Waals surface area contributed by atoms with E-state index in [-0.39, 0.29) is 17.2 Å². The number of carboxylic acid groups (broad SMARTS) is 1. The molecule has 0 fully saturated rings. The minimum Gasteiger partial charge on any atom is -0.478 e. The van der Waals surface area contributed by atoms with Gasteiger partial charge in [-0.1, -0.05) is 24.3 Å². The molecule has 7 nitrogen and oxygen atoms in total. The first-order valence-electron chi connectivity index (χ1n) is 7.99. The molecule has 0 spiro atoms. The van der Waals surface area contributed by atoms with Gasteiger partial charge in [0.05, 0.1) is 5.56 Å². The van der Waals surface area contributed by atoms with E-state index < -0.39 is 11.9 Å². The van der Waals surface area contributed by atoms with Gasteiger partial charge in [-0.15, -0.1) is 0 Å². The summed E-state index contributed by atoms with van der Waals surface area (Å²) >= 11 is 0. The number of hydrogen-bond acceptors (Lipinski definition) is 4. The van der Waals surface area contributed by atoms with Crippen molar-refractivity contribution in [1.82, 2.24) is 10.2 Å². The van der Waals surface area contributed by atoms with E-state index in [2.05, 4.69) is 5.32 Å². The maximum Gasteiger partial charge on any atom is 0.338 e. The van der Waals surface area contributed by atoms with Gasteiger partial charge in [0.25, 0.3) is 5.91 Å². The molecule has 0 saturated carbocycles. The monoisotopic (exact) mass is 342 g/mol. The number of carboxylic acids is 1. The quantitative estimate of drug-likeness (QED) is 0.783. The molecule has 25 heavy (non-hydrogen) atoms. The average Bonchev–Trinajstić information content (AvgIpc) is 3.24. The standard InChI is InChI=1S/C18H18N2O5/c21-16(20-9-12-4-1-2-5-13(12)10-20)6-3-7-19-17(22)15-8-14(11-25-15)18(23)24/h1-2,4-5,8,11H,3,6-7,9-10H2,(H,19,22)(H,23,24). The molecular formula is C18H18N2O5. The summed E-state index contributed by atoms with van der Waals surface area (Å²) < 4.78 is 4.91. The van der Waals surface area contributed by atoms with Gasteiger partial charge in [-0.05, 0) is 17.5 Å². The Morgan fingerprint density at radius 2 is 1.84 bits per heavy atom. The average molecular weight is 342 g/mol. The van der Waals surface area contributed by atoms with Crippen molar-refractivity contribution in [3.63, 3.8) is 0 Å². The van der Waals surface area contributed by atoms with Gasteiger partial charge in [0.1, 0.15) is 6.26 Å². The fraction of sp³-hybridized carbons (Fsp3) is 0.278. The van der Waals surface area contributed by atoms with Crippen molar-refractivity contribution < 1.29 is 23.9 Å². The lowest BCUT2D eigenvalue weighted by Gasteiger charge is -2.15. The molecule has 1 aromatic heterocycles. The van der Waals surface area contributed by atoms with E-state index in [1.54, 1.807) is 4.90 Å². The molecule has 2 aromatic rings. The summed E-state index contributed by atoms with van der Waals surface area (Å²) in [6.45, 7) is 1.58. The van der Waals surface area contributed by atoms with Crippen molar-refractivity contribution in [2.24, 2.45) is 0 Å². The van der Waals surface area contributed by atoms with Crippen LogP contribution < -0.4 is 5.32 Å². The molecule has 2 heterocycles. The van der Waals surface area contributed by atoms with Gasteiger partial charge in [0.15, 0.2) is 5.76 Å². The fourth-order valence-electron chi connectivity index (χ4n) is 2.76. The molecule has 1 aromatic carbocycles. The van der Waals surface area contributed by atoms with Crippen molar-refractivity contribution in [3.05, 3.63) is 59.0 Å². The van der Waals surface area contributed by atoms with Gasteiger partial charge in [-0.2, -0.15) is 0 Å². The van der Waals surface area contributed by atoms with Crippen LogP contribution in [0.5, 0.6) is 0 Å². The van der Waals surface area contributed by atoms with Crippen LogP contribution >= 0.6 is 0 Å². The van der Waals surface area contributed by atoms with Crippen LogP contribution in [-0.4, -0.2) is 34.3 Å². The summed E-state index contributed by atoms with van der Waals surface area (Å²) in [6, 6.07) is 9.15. The second-order valence-electron chi connectivity index (χ2n) is 5.88. The van der Waals surface area contributed by atoms with Crippen LogP contribution in [0.4, 0.5) is 0 Å². The third-order valence-electron chi connectivity index (χ3n) is 4.12. The molecule has 7 heteroatoms. The number of nitrogens with one attached hydrogen (secondary N) is 1. The molecular weight excluding hydrogens is 324 g/mol. The van der Waals surface area contributed by atoms with Crippen molar-refractivity contribution in [2.45, 2.75) is 25.9 Å². The predicted octanol–water partition coefficient (Wildman–Crippen LogP) is 2.03. The number of hydrogen-bond donors (Lipinski definition) is 2. The Labute approximate surface area is 144 Å². The Balaban J connectivity index is 1.40. The van der Waals surface area contributed by atoms with E-state index in [4.69, 9.17) is 9.52 Å². The second-order valence-corrected chi connectivity index (χ2v) is 5.88. The zero-order chi connectivity index (χ0) is 17.8. The van der Waals surface area contributed by atoms with Crippen LogP contribution in [0.2, 0.25) is 0 Å². The molecule has 1 aliphatic rings. The number of nitrogens with zero attached hydrogens (tertiary/aromatic N) is 1. The Morgan fingerprint density at radius 3 is 2.44 bits per heavy atom. The zero-order valence-electron chi connectivity index (χ0n) is 13.5. The number of carbonyl (C=O) groups is 3. The highest BCUT2D eigenvalue weighted by Crippen LogP contribution is 2.22. The Bertz CT molecular complexity index is 786. The molecule has 3 rings (SSSR count). The maximum absolute atomic E-state index is 12.2. The second kappa shape index (κ2) is 7.21. The van der Waals surface area contributed by atoms with Gasteiger partial charge >= 0.3 is 5.97 Å².